The number of anilines is 1. The first-order valence-corrected chi connectivity index (χ1v) is 7.13. The molecule has 3 rings (SSSR count). The summed E-state index contributed by atoms with van der Waals surface area (Å²) < 4.78 is 1.77. The van der Waals surface area contributed by atoms with E-state index >= 15 is 0 Å². The summed E-state index contributed by atoms with van der Waals surface area (Å²) >= 11 is 0. The predicted molar refractivity (Wildman–Crippen MR) is 85.4 cm³/mol. The lowest BCUT2D eigenvalue weighted by Crippen LogP contribution is -2.25. The molecule has 0 aliphatic rings. The van der Waals surface area contributed by atoms with Crippen molar-refractivity contribution in [3.63, 3.8) is 0 Å². The standard InChI is InChI=1S/C17H17N3O2/c1-12(17(22)18-13-7-3-2-4-8-13)20-15-10-6-5-9-14(15)19-16(20)11-21/h2-10,12,21H,11H2,1H3,(H,18,22). The van der Waals surface area contributed by atoms with Crippen molar-refractivity contribution in [2.45, 2.75) is 19.6 Å². The van der Waals surface area contributed by atoms with Crippen LogP contribution in [0.1, 0.15) is 18.8 Å². The monoisotopic (exact) mass is 295 g/mol. The Labute approximate surface area is 128 Å². The molecule has 1 amide bonds. The molecule has 1 atom stereocenters. The van der Waals surface area contributed by atoms with Crippen molar-refractivity contribution >= 4 is 22.6 Å². The highest BCUT2D eigenvalue weighted by atomic mass is 16.3. The molecule has 0 aliphatic carbocycles. The quantitative estimate of drug-likeness (QED) is 0.777. The second-order valence-electron chi connectivity index (χ2n) is 5.08. The summed E-state index contributed by atoms with van der Waals surface area (Å²) in [5.74, 6) is 0.334. The van der Waals surface area contributed by atoms with Gasteiger partial charge in [-0.2, -0.15) is 0 Å². The van der Waals surface area contributed by atoms with Crippen LogP contribution in [0.5, 0.6) is 0 Å². The minimum absolute atomic E-state index is 0.149. The fraction of sp³-hybridized carbons (Fsp3) is 0.176. The van der Waals surface area contributed by atoms with Crippen LogP contribution < -0.4 is 5.32 Å². The Kier molecular flexibility index (Phi) is 3.89. The lowest BCUT2D eigenvalue weighted by Gasteiger charge is -2.17. The fourth-order valence-corrected chi connectivity index (χ4v) is 2.52. The lowest BCUT2D eigenvalue weighted by atomic mass is 10.2. The molecular formula is C17H17N3O2. The average Bonchev–Trinajstić information content (AvgIpc) is 2.93. The number of aliphatic hydroxyl groups excluding tert-OH is 1. The molecule has 5 heteroatoms. The summed E-state index contributed by atoms with van der Waals surface area (Å²) in [7, 11) is 0. The Balaban J connectivity index is 1.94. The fourth-order valence-electron chi connectivity index (χ4n) is 2.52. The van der Waals surface area contributed by atoms with Crippen molar-refractivity contribution in [2.24, 2.45) is 0 Å². The highest BCUT2D eigenvalue weighted by Gasteiger charge is 2.21. The summed E-state index contributed by atoms with van der Waals surface area (Å²) in [5, 5.41) is 12.4. The highest BCUT2D eigenvalue weighted by Crippen LogP contribution is 2.22. The number of nitrogens with one attached hydrogen (secondary N) is 1. The van der Waals surface area contributed by atoms with Gasteiger partial charge in [0.15, 0.2) is 0 Å². The van der Waals surface area contributed by atoms with Crippen LogP contribution in [0.15, 0.2) is 54.6 Å². The molecule has 2 aromatic carbocycles. The molecule has 1 heterocycles. The first-order valence-electron chi connectivity index (χ1n) is 7.13. The number of aromatic nitrogens is 2. The topological polar surface area (TPSA) is 67.2 Å². The van der Waals surface area contributed by atoms with Crippen LogP contribution in [0.4, 0.5) is 5.69 Å². The maximum atomic E-state index is 12.5. The predicted octanol–water partition coefficient (Wildman–Crippen LogP) is 2.73. The molecule has 0 saturated heterocycles. The lowest BCUT2D eigenvalue weighted by molar-refractivity contribution is -0.118. The average molecular weight is 295 g/mol. The molecule has 0 radical (unpaired) electrons. The normalized spacial score (nSPS) is 12.3. The molecular weight excluding hydrogens is 278 g/mol. The van der Waals surface area contributed by atoms with Crippen LogP contribution in [0.2, 0.25) is 0 Å². The van der Waals surface area contributed by atoms with Gasteiger partial charge >= 0.3 is 0 Å². The second kappa shape index (κ2) is 5.99. The molecule has 0 fully saturated rings. The summed E-state index contributed by atoms with van der Waals surface area (Å²) in [6.45, 7) is 1.59. The van der Waals surface area contributed by atoms with Crippen molar-refractivity contribution in [3.8, 4) is 0 Å². The zero-order valence-electron chi connectivity index (χ0n) is 12.2. The zero-order valence-corrected chi connectivity index (χ0v) is 12.2. The molecule has 112 valence electrons. The Bertz CT molecular complexity index is 796. The number of carbonyl (C=O) groups excluding carboxylic acids is 1. The number of fused-ring (bicyclic) bond motifs is 1. The van der Waals surface area contributed by atoms with E-state index in [0.29, 0.717) is 5.82 Å². The minimum Gasteiger partial charge on any atom is -0.388 e. The van der Waals surface area contributed by atoms with E-state index in [-0.39, 0.29) is 12.5 Å². The smallest absolute Gasteiger partial charge is 0.247 e. The van der Waals surface area contributed by atoms with Gasteiger partial charge in [-0.05, 0) is 31.2 Å². The number of nitrogens with zero attached hydrogens (tertiary/aromatic N) is 2. The number of imidazole rings is 1. The molecule has 3 aromatic rings. The first kappa shape index (κ1) is 14.3. The van der Waals surface area contributed by atoms with E-state index in [1.54, 1.807) is 11.5 Å². The van der Waals surface area contributed by atoms with Crippen LogP contribution in [0.25, 0.3) is 11.0 Å². The summed E-state index contributed by atoms with van der Waals surface area (Å²) in [4.78, 5) is 16.9. The molecule has 2 N–H and O–H groups in total. The van der Waals surface area contributed by atoms with Gasteiger partial charge in [-0.15, -0.1) is 0 Å². The van der Waals surface area contributed by atoms with Gasteiger partial charge in [0.05, 0.1) is 11.0 Å². The number of hydrogen-bond acceptors (Lipinski definition) is 3. The Morgan fingerprint density at radius 3 is 2.59 bits per heavy atom. The molecule has 5 nitrogen and oxygen atoms in total. The van der Waals surface area contributed by atoms with Crippen LogP contribution in [-0.4, -0.2) is 20.6 Å². The minimum atomic E-state index is -0.477. The number of benzene rings is 2. The second-order valence-corrected chi connectivity index (χ2v) is 5.08. The SMILES string of the molecule is CC(C(=O)Nc1ccccc1)n1c(CO)nc2ccccc21. The number of amides is 1. The molecule has 22 heavy (non-hydrogen) atoms. The van der Waals surface area contributed by atoms with Crippen molar-refractivity contribution in [1.82, 2.24) is 9.55 Å². The summed E-state index contributed by atoms with van der Waals surface area (Å²) in [6.07, 6.45) is 0. The van der Waals surface area contributed by atoms with Gasteiger partial charge in [0, 0.05) is 5.69 Å². The van der Waals surface area contributed by atoms with Crippen LogP contribution in [-0.2, 0) is 11.4 Å². The number of para-hydroxylation sites is 3. The highest BCUT2D eigenvalue weighted by molar-refractivity contribution is 5.94. The first-order chi connectivity index (χ1) is 10.7. The van der Waals surface area contributed by atoms with Gasteiger partial charge in [-0.3, -0.25) is 4.79 Å². The molecule has 1 aromatic heterocycles. The Morgan fingerprint density at radius 2 is 1.86 bits per heavy atom. The van der Waals surface area contributed by atoms with Gasteiger partial charge in [-0.1, -0.05) is 30.3 Å². The third-order valence-corrected chi connectivity index (χ3v) is 3.62. The maximum absolute atomic E-state index is 12.5. The van der Waals surface area contributed by atoms with E-state index in [1.807, 2.05) is 54.6 Å². The molecule has 1 unspecified atom stereocenters. The van der Waals surface area contributed by atoms with Gasteiger partial charge < -0.3 is 15.0 Å². The number of hydrogen-bond donors (Lipinski definition) is 2. The third kappa shape index (κ3) is 2.58. The van der Waals surface area contributed by atoms with E-state index < -0.39 is 6.04 Å². The van der Waals surface area contributed by atoms with Crippen molar-refractivity contribution < 1.29 is 9.90 Å². The maximum Gasteiger partial charge on any atom is 0.247 e. The number of rotatable bonds is 4. The Morgan fingerprint density at radius 1 is 1.18 bits per heavy atom. The number of aliphatic hydroxyl groups is 1. The van der Waals surface area contributed by atoms with Crippen LogP contribution in [0.3, 0.4) is 0 Å². The largest absolute Gasteiger partial charge is 0.388 e. The van der Waals surface area contributed by atoms with Crippen LogP contribution in [0, 0.1) is 0 Å². The Hall–Kier alpha value is -2.66. The molecule has 0 aliphatic heterocycles. The van der Waals surface area contributed by atoms with E-state index in [4.69, 9.17) is 0 Å². The van der Waals surface area contributed by atoms with Crippen molar-refractivity contribution in [2.75, 3.05) is 5.32 Å². The summed E-state index contributed by atoms with van der Waals surface area (Å²) in [6, 6.07) is 16.4. The van der Waals surface area contributed by atoms with E-state index in [2.05, 4.69) is 10.3 Å². The molecule has 0 bridgehead atoms. The van der Waals surface area contributed by atoms with Crippen LogP contribution >= 0.6 is 0 Å². The van der Waals surface area contributed by atoms with E-state index in [0.717, 1.165) is 16.7 Å². The number of carbonyl (C=O) groups is 1. The third-order valence-electron chi connectivity index (χ3n) is 3.62. The molecule has 0 spiro atoms. The van der Waals surface area contributed by atoms with Crippen molar-refractivity contribution in [3.05, 3.63) is 60.4 Å². The van der Waals surface area contributed by atoms with Crippen molar-refractivity contribution in [1.29, 1.82) is 0 Å². The van der Waals surface area contributed by atoms with E-state index in [9.17, 15) is 9.90 Å². The summed E-state index contributed by atoms with van der Waals surface area (Å²) in [5.41, 5.74) is 2.35. The molecule has 0 saturated carbocycles. The van der Waals surface area contributed by atoms with E-state index in [1.165, 1.54) is 0 Å². The van der Waals surface area contributed by atoms with Gasteiger partial charge in [0.25, 0.3) is 0 Å². The van der Waals surface area contributed by atoms with Gasteiger partial charge in [0.1, 0.15) is 18.5 Å². The van der Waals surface area contributed by atoms with Gasteiger partial charge in [-0.25, -0.2) is 4.98 Å². The zero-order chi connectivity index (χ0) is 15.5. The van der Waals surface area contributed by atoms with Gasteiger partial charge in [0.2, 0.25) is 5.91 Å².